The predicted molar refractivity (Wildman–Crippen MR) is 116 cm³/mol. The predicted octanol–water partition coefficient (Wildman–Crippen LogP) is 2.22. The highest BCUT2D eigenvalue weighted by atomic mass is 16.6. The summed E-state index contributed by atoms with van der Waals surface area (Å²) in [6, 6.07) is 5.23. The molecule has 10 heteroatoms. The molecule has 32 heavy (non-hydrogen) atoms. The number of carbonyl (C=O) groups excluding carboxylic acids is 3. The van der Waals surface area contributed by atoms with Gasteiger partial charge in [-0.1, -0.05) is 0 Å². The Balaban J connectivity index is 2.87. The van der Waals surface area contributed by atoms with Crippen molar-refractivity contribution in [2.24, 2.45) is 0 Å². The summed E-state index contributed by atoms with van der Waals surface area (Å²) in [7, 11) is 4.64. The van der Waals surface area contributed by atoms with Crippen LogP contribution in [-0.4, -0.2) is 67.2 Å². The number of rotatable bonds is 10. The van der Waals surface area contributed by atoms with Gasteiger partial charge in [-0.05, 0) is 39.8 Å². The minimum atomic E-state index is -2.41. The molecular formula is C22H34N2O8. The monoisotopic (exact) mass is 454 g/mol. The normalized spacial score (nSPS) is 12.9. The minimum absolute atomic E-state index is 0.0117. The third-order valence-corrected chi connectivity index (χ3v) is 4.35. The van der Waals surface area contributed by atoms with E-state index in [0.29, 0.717) is 11.5 Å². The van der Waals surface area contributed by atoms with Crippen LogP contribution < -0.4 is 14.8 Å². The fourth-order valence-electron chi connectivity index (χ4n) is 2.74. The van der Waals surface area contributed by atoms with Gasteiger partial charge in [0.15, 0.2) is 0 Å². The van der Waals surface area contributed by atoms with Crippen molar-refractivity contribution in [1.82, 2.24) is 10.2 Å². The first-order valence-electron chi connectivity index (χ1n) is 10.2. The van der Waals surface area contributed by atoms with Crippen LogP contribution in [-0.2, 0) is 25.6 Å². The second-order valence-electron chi connectivity index (χ2n) is 8.14. The molecule has 0 aromatic heterocycles. The molecule has 1 atom stereocenters. The molecule has 0 spiro atoms. The molecule has 0 aliphatic heterocycles. The van der Waals surface area contributed by atoms with E-state index in [4.69, 9.17) is 18.9 Å². The lowest BCUT2D eigenvalue weighted by molar-refractivity contribution is -0.170. The van der Waals surface area contributed by atoms with Crippen LogP contribution >= 0.6 is 0 Å². The number of carbonyl (C=O) groups is 3. The summed E-state index contributed by atoms with van der Waals surface area (Å²) in [4.78, 5) is 38.5. The Morgan fingerprint density at radius 2 is 1.78 bits per heavy atom. The smallest absolute Gasteiger partial charge is 0.410 e. The van der Waals surface area contributed by atoms with Gasteiger partial charge < -0.3 is 29.0 Å². The van der Waals surface area contributed by atoms with E-state index in [1.54, 1.807) is 60.1 Å². The van der Waals surface area contributed by atoms with E-state index in [0.717, 1.165) is 5.56 Å². The zero-order valence-electron chi connectivity index (χ0n) is 19.8. The van der Waals surface area contributed by atoms with Crippen LogP contribution in [0.5, 0.6) is 11.5 Å². The zero-order chi connectivity index (χ0) is 24.5. The van der Waals surface area contributed by atoms with Crippen molar-refractivity contribution in [3.63, 3.8) is 0 Å². The number of nitrogens with one attached hydrogen (secondary N) is 1. The second kappa shape index (κ2) is 11.6. The van der Waals surface area contributed by atoms with Gasteiger partial charge in [-0.25, -0.2) is 9.59 Å². The summed E-state index contributed by atoms with van der Waals surface area (Å²) in [5.41, 5.74) is -2.50. The maximum absolute atomic E-state index is 12.7. The van der Waals surface area contributed by atoms with Gasteiger partial charge in [0.2, 0.25) is 11.6 Å². The Kier molecular flexibility index (Phi) is 9.77. The summed E-state index contributed by atoms with van der Waals surface area (Å²) in [5, 5.41) is 12.9. The number of amides is 2. The number of alkyl carbamates (subject to hydrolysis) is 1. The minimum Gasteiger partial charge on any atom is -0.497 e. The van der Waals surface area contributed by atoms with Gasteiger partial charge in [0, 0.05) is 38.1 Å². The van der Waals surface area contributed by atoms with Gasteiger partial charge in [0.05, 0.1) is 20.8 Å². The number of benzene rings is 1. The molecule has 0 saturated heterocycles. The number of hydrogen-bond acceptors (Lipinski definition) is 8. The lowest BCUT2D eigenvalue weighted by atomic mass is 10.1. The van der Waals surface area contributed by atoms with Crippen LogP contribution in [0.1, 0.15) is 46.1 Å². The maximum Gasteiger partial charge on any atom is 0.410 e. The van der Waals surface area contributed by atoms with Crippen molar-refractivity contribution in [3.05, 3.63) is 23.8 Å². The van der Waals surface area contributed by atoms with Crippen molar-refractivity contribution in [1.29, 1.82) is 0 Å². The molecule has 0 bridgehead atoms. The average Bonchev–Trinajstić information content (AvgIpc) is 2.70. The molecule has 10 nitrogen and oxygen atoms in total. The van der Waals surface area contributed by atoms with E-state index in [9.17, 15) is 19.5 Å². The van der Waals surface area contributed by atoms with Gasteiger partial charge >= 0.3 is 12.1 Å². The third-order valence-electron chi connectivity index (χ3n) is 4.35. The van der Waals surface area contributed by atoms with E-state index >= 15 is 0 Å². The Morgan fingerprint density at radius 1 is 1.12 bits per heavy atom. The third kappa shape index (κ3) is 8.26. The van der Waals surface area contributed by atoms with E-state index < -0.39 is 29.8 Å². The van der Waals surface area contributed by atoms with Gasteiger partial charge in [0.1, 0.15) is 17.1 Å². The second-order valence-corrected chi connectivity index (χ2v) is 8.14. The highest BCUT2D eigenvalue weighted by Gasteiger charge is 2.41. The molecule has 1 aromatic carbocycles. The molecule has 0 heterocycles. The molecule has 1 aromatic rings. The van der Waals surface area contributed by atoms with Gasteiger partial charge in [-0.3, -0.25) is 10.1 Å². The van der Waals surface area contributed by atoms with Crippen molar-refractivity contribution < 1.29 is 38.4 Å². The van der Waals surface area contributed by atoms with Gasteiger partial charge in [-0.15, -0.1) is 0 Å². The van der Waals surface area contributed by atoms with Crippen molar-refractivity contribution in [2.75, 3.05) is 27.9 Å². The molecule has 1 unspecified atom stereocenters. The van der Waals surface area contributed by atoms with Crippen LogP contribution in [0.3, 0.4) is 0 Å². The number of methoxy groups -OCH3 is 2. The molecule has 0 aliphatic rings. The maximum atomic E-state index is 12.7. The van der Waals surface area contributed by atoms with E-state index in [1.165, 1.54) is 12.0 Å². The average molecular weight is 455 g/mol. The Hall–Kier alpha value is -3.01. The van der Waals surface area contributed by atoms with Crippen LogP contribution in [0.2, 0.25) is 0 Å². The largest absolute Gasteiger partial charge is 0.497 e. The molecule has 0 fully saturated rings. The van der Waals surface area contributed by atoms with Crippen molar-refractivity contribution in [2.45, 2.75) is 58.4 Å². The fourth-order valence-corrected chi connectivity index (χ4v) is 2.74. The number of esters is 1. The Bertz CT molecular complexity index is 806. The van der Waals surface area contributed by atoms with Crippen molar-refractivity contribution in [3.8, 4) is 11.5 Å². The number of nitrogens with zero attached hydrogens (tertiary/aromatic N) is 1. The Labute approximate surface area is 188 Å². The highest BCUT2D eigenvalue weighted by molar-refractivity contribution is 5.85. The highest BCUT2D eigenvalue weighted by Crippen LogP contribution is 2.26. The molecule has 0 saturated carbocycles. The van der Waals surface area contributed by atoms with Crippen LogP contribution in [0.25, 0.3) is 0 Å². The summed E-state index contributed by atoms with van der Waals surface area (Å²) >= 11 is 0. The molecule has 180 valence electrons. The Morgan fingerprint density at radius 3 is 2.31 bits per heavy atom. The van der Waals surface area contributed by atoms with Crippen LogP contribution in [0.4, 0.5) is 4.79 Å². The number of hydrogen-bond donors (Lipinski definition) is 2. The molecule has 1 rings (SSSR count). The van der Waals surface area contributed by atoms with E-state index in [2.05, 4.69) is 5.32 Å². The quantitative estimate of drug-likeness (QED) is 0.407. The SMILES string of the molecule is CCOC(=O)C(O)(CCC(=O)N(C)Cc1ccc(OC)cc1OC)NC(=O)OC(C)(C)C. The first-order chi connectivity index (χ1) is 14.8. The summed E-state index contributed by atoms with van der Waals surface area (Å²) < 4.78 is 20.5. The molecule has 0 radical (unpaired) electrons. The van der Waals surface area contributed by atoms with Crippen LogP contribution in [0.15, 0.2) is 18.2 Å². The number of aliphatic hydroxyl groups is 1. The summed E-state index contributed by atoms with van der Waals surface area (Å²) in [5.74, 6) is -0.263. The molecule has 2 amide bonds. The van der Waals surface area contributed by atoms with Crippen LogP contribution in [0, 0.1) is 0 Å². The lowest BCUT2D eigenvalue weighted by Gasteiger charge is -2.29. The van der Waals surface area contributed by atoms with E-state index in [1.807, 2.05) is 0 Å². The summed E-state index contributed by atoms with van der Waals surface area (Å²) in [6.07, 6.45) is -1.63. The zero-order valence-corrected chi connectivity index (χ0v) is 19.8. The van der Waals surface area contributed by atoms with E-state index in [-0.39, 0.29) is 25.5 Å². The first kappa shape index (κ1) is 27.0. The summed E-state index contributed by atoms with van der Waals surface area (Å²) in [6.45, 7) is 6.70. The standard InChI is InChI=1S/C22H34N2O8/c1-8-31-19(26)22(28,23-20(27)32-21(2,3)4)12-11-18(25)24(5)14-15-9-10-16(29-6)13-17(15)30-7/h9-10,13,28H,8,11-12,14H2,1-7H3,(H,23,27). The topological polar surface area (TPSA) is 124 Å². The first-order valence-corrected chi connectivity index (χ1v) is 10.2. The van der Waals surface area contributed by atoms with Crippen molar-refractivity contribution >= 4 is 18.0 Å². The molecular weight excluding hydrogens is 420 g/mol. The van der Waals surface area contributed by atoms with Gasteiger partial charge in [-0.2, -0.15) is 0 Å². The number of ether oxygens (including phenoxy) is 4. The molecule has 0 aliphatic carbocycles. The van der Waals surface area contributed by atoms with Gasteiger partial charge in [0.25, 0.3) is 0 Å². The lowest BCUT2D eigenvalue weighted by Crippen LogP contribution is -2.56. The fraction of sp³-hybridized carbons (Fsp3) is 0.591. The molecule has 2 N–H and O–H groups in total.